The van der Waals surface area contributed by atoms with Crippen LogP contribution >= 0.6 is 0 Å². The second kappa shape index (κ2) is 5.87. The second-order valence-corrected chi connectivity index (χ2v) is 5.37. The van der Waals surface area contributed by atoms with Crippen molar-refractivity contribution in [1.29, 1.82) is 0 Å². The Hall–Kier alpha value is -1.85. The number of hydrogen-bond donors (Lipinski definition) is 1. The molecule has 5 heteroatoms. The van der Waals surface area contributed by atoms with E-state index in [1.54, 1.807) is 12.1 Å². The highest BCUT2D eigenvalue weighted by Gasteiger charge is 2.16. The molecule has 3 rings (SSSR count). The number of rotatable bonds is 4. The Kier molecular flexibility index (Phi) is 3.94. The molecule has 1 aromatic carbocycles. The minimum Gasteiger partial charge on any atom is -0.478 e. The van der Waals surface area contributed by atoms with Crippen molar-refractivity contribution in [3.8, 4) is 0 Å². The summed E-state index contributed by atoms with van der Waals surface area (Å²) in [6, 6.07) is 5.38. The summed E-state index contributed by atoms with van der Waals surface area (Å²) >= 11 is 0. The summed E-state index contributed by atoms with van der Waals surface area (Å²) in [5.41, 5.74) is 2.64. The second-order valence-electron chi connectivity index (χ2n) is 5.37. The summed E-state index contributed by atoms with van der Waals surface area (Å²) in [5.74, 6) is -0.876. The van der Waals surface area contributed by atoms with Gasteiger partial charge in [-0.25, -0.2) is 4.79 Å². The number of nitrogens with zero attached hydrogens (tertiary/aromatic N) is 2. The van der Waals surface area contributed by atoms with Gasteiger partial charge in [0, 0.05) is 43.3 Å². The molecular formula is C16H20N2O3. The van der Waals surface area contributed by atoms with Gasteiger partial charge in [-0.1, -0.05) is 0 Å². The molecule has 1 aliphatic heterocycles. The number of aromatic carboxylic acids is 1. The van der Waals surface area contributed by atoms with E-state index in [-0.39, 0.29) is 0 Å². The van der Waals surface area contributed by atoms with E-state index in [0.717, 1.165) is 50.3 Å². The van der Waals surface area contributed by atoms with Gasteiger partial charge < -0.3 is 14.4 Å². The summed E-state index contributed by atoms with van der Waals surface area (Å²) in [7, 11) is 0. The average molecular weight is 288 g/mol. The first-order valence-corrected chi connectivity index (χ1v) is 7.34. The number of ether oxygens (including phenoxy) is 1. The molecule has 1 aliphatic rings. The molecule has 0 aliphatic carbocycles. The van der Waals surface area contributed by atoms with Crippen LogP contribution in [0.1, 0.15) is 22.8 Å². The van der Waals surface area contributed by atoms with E-state index in [9.17, 15) is 9.90 Å². The molecule has 5 nitrogen and oxygen atoms in total. The zero-order valence-electron chi connectivity index (χ0n) is 12.2. The molecule has 2 aromatic rings. The fourth-order valence-corrected chi connectivity index (χ4v) is 2.89. The average Bonchev–Trinajstić information content (AvgIpc) is 2.85. The number of carboxylic acids is 1. The monoisotopic (exact) mass is 288 g/mol. The van der Waals surface area contributed by atoms with Crippen LogP contribution in [0, 0.1) is 0 Å². The molecule has 1 aromatic heterocycles. The standard InChI is InChI=1S/C16H20N2O3/c1-2-18-11-13(10-17-5-7-21-8-6-17)14-9-12(16(19)20)3-4-15(14)18/h3-4,9,11H,2,5-8,10H2,1H3,(H,19,20). The molecule has 0 atom stereocenters. The minimum atomic E-state index is -0.876. The highest BCUT2D eigenvalue weighted by atomic mass is 16.5. The van der Waals surface area contributed by atoms with E-state index in [1.165, 1.54) is 5.56 Å². The third kappa shape index (κ3) is 2.80. The molecule has 0 bridgehead atoms. The maximum atomic E-state index is 11.2. The van der Waals surface area contributed by atoms with E-state index < -0.39 is 5.97 Å². The van der Waals surface area contributed by atoms with Gasteiger partial charge in [0.05, 0.1) is 18.8 Å². The van der Waals surface area contributed by atoms with Crippen molar-refractivity contribution in [2.45, 2.75) is 20.0 Å². The lowest BCUT2D eigenvalue weighted by Crippen LogP contribution is -2.35. The van der Waals surface area contributed by atoms with Crippen molar-refractivity contribution in [3.63, 3.8) is 0 Å². The highest BCUT2D eigenvalue weighted by molar-refractivity contribution is 5.95. The quantitative estimate of drug-likeness (QED) is 0.937. The van der Waals surface area contributed by atoms with Crippen LogP contribution in [-0.4, -0.2) is 46.8 Å². The van der Waals surface area contributed by atoms with Crippen molar-refractivity contribution in [3.05, 3.63) is 35.5 Å². The number of fused-ring (bicyclic) bond motifs is 1. The van der Waals surface area contributed by atoms with E-state index in [4.69, 9.17) is 4.74 Å². The van der Waals surface area contributed by atoms with Gasteiger partial charge >= 0.3 is 5.97 Å². The minimum absolute atomic E-state index is 0.347. The Balaban J connectivity index is 1.99. The Morgan fingerprint density at radius 3 is 2.76 bits per heavy atom. The molecule has 1 N–H and O–H groups in total. The summed E-state index contributed by atoms with van der Waals surface area (Å²) in [4.78, 5) is 13.5. The van der Waals surface area contributed by atoms with Gasteiger partial charge in [-0.15, -0.1) is 0 Å². The Morgan fingerprint density at radius 2 is 2.10 bits per heavy atom. The van der Waals surface area contributed by atoms with Crippen LogP contribution in [0.15, 0.2) is 24.4 Å². The third-order valence-electron chi connectivity index (χ3n) is 4.05. The van der Waals surface area contributed by atoms with Crippen molar-refractivity contribution >= 4 is 16.9 Å². The maximum Gasteiger partial charge on any atom is 0.335 e. The molecule has 0 unspecified atom stereocenters. The van der Waals surface area contributed by atoms with E-state index in [0.29, 0.717) is 5.56 Å². The fourth-order valence-electron chi connectivity index (χ4n) is 2.89. The summed E-state index contributed by atoms with van der Waals surface area (Å²) in [5, 5.41) is 10.2. The van der Waals surface area contributed by atoms with Crippen LogP contribution in [0.25, 0.3) is 10.9 Å². The smallest absolute Gasteiger partial charge is 0.335 e. The van der Waals surface area contributed by atoms with E-state index in [2.05, 4.69) is 22.6 Å². The summed E-state index contributed by atoms with van der Waals surface area (Å²) < 4.78 is 7.55. The van der Waals surface area contributed by atoms with Crippen LogP contribution in [0.3, 0.4) is 0 Å². The maximum absolute atomic E-state index is 11.2. The SMILES string of the molecule is CCn1cc(CN2CCOCC2)c2cc(C(=O)O)ccc21. The summed E-state index contributed by atoms with van der Waals surface area (Å²) in [6.45, 7) is 7.22. The van der Waals surface area contributed by atoms with Gasteiger partial charge in [-0.05, 0) is 30.7 Å². The van der Waals surface area contributed by atoms with Gasteiger partial charge in [0.2, 0.25) is 0 Å². The lowest BCUT2D eigenvalue weighted by atomic mass is 10.1. The number of carbonyl (C=O) groups is 1. The van der Waals surface area contributed by atoms with Crippen molar-refractivity contribution in [2.75, 3.05) is 26.3 Å². The lowest BCUT2D eigenvalue weighted by molar-refractivity contribution is 0.0343. The number of hydrogen-bond acceptors (Lipinski definition) is 3. The highest BCUT2D eigenvalue weighted by Crippen LogP contribution is 2.24. The van der Waals surface area contributed by atoms with Gasteiger partial charge in [0.1, 0.15) is 0 Å². The molecular weight excluding hydrogens is 268 g/mol. The van der Waals surface area contributed by atoms with Crippen LogP contribution in [0.2, 0.25) is 0 Å². The number of aromatic nitrogens is 1. The lowest BCUT2D eigenvalue weighted by Gasteiger charge is -2.26. The summed E-state index contributed by atoms with van der Waals surface area (Å²) in [6.07, 6.45) is 2.14. The zero-order valence-corrected chi connectivity index (χ0v) is 12.2. The van der Waals surface area contributed by atoms with Crippen LogP contribution < -0.4 is 0 Å². The van der Waals surface area contributed by atoms with Crippen molar-refractivity contribution in [1.82, 2.24) is 9.47 Å². The van der Waals surface area contributed by atoms with E-state index >= 15 is 0 Å². The van der Waals surface area contributed by atoms with Crippen LogP contribution in [0.5, 0.6) is 0 Å². The molecule has 1 saturated heterocycles. The molecule has 0 amide bonds. The molecule has 112 valence electrons. The normalized spacial score (nSPS) is 16.4. The number of carboxylic acid groups (broad SMARTS) is 1. The molecule has 21 heavy (non-hydrogen) atoms. The third-order valence-corrected chi connectivity index (χ3v) is 4.05. The van der Waals surface area contributed by atoms with Crippen molar-refractivity contribution < 1.29 is 14.6 Å². The number of benzene rings is 1. The molecule has 2 heterocycles. The molecule has 0 radical (unpaired) electrons. The van der Waals surface area contributed by atoms with Crippen LogP contribution in [-0.2, 0) is 17.8 Å². The first-order chi connectivity index (χ1) is 10.2. The first kappa shape index (κ1) is 14.1. The predicted octanol–water partition coefficient (Wildman–Crippen LogP) is 2.19. The Bertz CT molecular complexity index is 657. The zero-order chi connectivity index (χ0) is 14.8. The topological polar surface area (TPSA) is 54.7 Å². The Labute approximate surface area is 123 Å². The number of morpholine rings is 1. The van der Waals surface area contributed by atoms with Crippen molar-refractivity contribution in [2.24, 2.45) is 0 Å². The molecule has 0 saturated carbocycles. The van der Waals surface area contributed by atoms with Gasteiger partial charge in [0.25, 0.3) is 0 Å². The van der Waals surface area contributed by atoms with Crippen LogP contribution in [0.4, 0.5) is 0 Å². The Morgan fingerprint density at radius 1 is 1.33 bits per heavy atom. The molecule has 1 fully saturated rings. The van der Waals surface area contributed by atoms with Gasteiger partial charge in [-0.3, -0.25) is 4.90 Å². The first-order valence-electron chi connectivity index (χ1n) is 7.34. The van der Waals surface area contributed by atoms with E-state index in [1.807, 2.05) is 6.07 Å². The number of aryl methyl sites for hydroxylation is 1. The van der Waals surface area contributed by atoms with Gasteiger partial charge in [-0.2, -0.15) is 0 Å². The fraction of sp³-hybridized carbons (Fsp3) is 0.438. The molecule has 0 spiro atoms. The largest absolute Gasteiger partial charge is 0.478 e. The predicted molar refractivity (Wildman–Crippen MR) is 80.7 cm³/mol. The van der Waals surface area contributed by atoms with Gasteiger partial charge in [0.15, 0.2) is 0 Å².